The standard InChI is InChI=1S/C29H57N7O14/c30-4-3-15(39)26(44)36-14-7-13(33)23(48-27-12(32)2-1-11(45-27)9-35-5-6-37)25(19(14)40)50-29-22(43)24(17(10-38)47-29)49-28-18(34)21(42)20(41)16(8-31)46-28/h11-25,27-29,35,37-43H,1-10,30-34H2,(H,36,44)/t11-,12+,13-,14+,15-,16-,17+,18+,19-,20+,21+,22+,23+,24+,25+,27+,28+,29-/m0/s1. The van der Waals surface area contributed by atoms with E-state index < -0.39 is 117 Å². The number of amides is 1. The molecule has 1 saturated carbocycles. The van der Waals surface area contributed by atoms with E-state index in [1.165, 1.54) is 0 Å². The third kappa shape index (κ3) is 9.82. The summed E-state index contributed by atoms with van der Waals surface area (Å²) in [5.41, 5.74) is 30.1. The molecule has 0 spiro atoms. The van der Waals surface area contributed by atoms with Crippen LogP contribution in [0.4, 0.5) is 0 Å². The Hall–Kier alpha value is -1.29. The van der Waals surface area contributed by atoms with Crippen LogP contribution in [0.5, 0.6) is 0 Å². The van der Waals surface area contributed by atoms with E-state index in [1.807, 2.05) is 0 Å². The SMILES string of the molecule is NCC[C@H](O)C(=O)N[C@@H]1C[C@H](N)[C@@H](O[C@H]2O[C@H](CNCCO)CC[C@H]2N)[C@H](O[C@@H]2O[C@H](CO)[C@@H](O[C@H]3O[C@@H](CN)[C@@H](O)[C@H](O)[C@H]3N)[C@H]2O)[C@H]1O. The first-order chi connectivity index (χ1) is 23.8. The average Bonchev–Trinajstić information content (AvgIpc) is 3.39. The number of rotatable bonds is 16. The normalized spacial score (nSPS) is 44.6. The van der Waals surface area contributed by atoms with Crippen molar-refractivity contribution in [3.8, 4) is 0 Å². The molecule has 292 valence electrons. The summed E-state index contributed by atoms with van der Waals surface area (Å²) in [6, 6.07) is -3.83. The Morgan fingerprint density at radius 1 is 0.800 bits per heavy atom. The van der Waals surface area contributed by atoms with E-state index in [0.717, 1.165) is 0 Å². The lowest BCUT2D eigenvalue weighted by Crippen LogP contribution is -2.67. The molecule has 18 atom stereocenters. The van der Waals surface area contributed by atoms with Crippen molar-refractivity contribution in [3.05, 3.63) is 0 Å². The quantitative estimate of drug-likeness (QED) is 0.0656. The van der Waals surface area contributed by atoms with Gasteiger partial charge in [-0.3, -0.25) is 4.79 Å². The number of hydrogen-bond acceptors (Lipinski definition) is 20. The molecule has 4 aliphatic rings. The Balaban J connectivity index is 1.54. The summed E-state index contributed by atoms with van der Waals surface area (Å²) in [6.07, 6.45) is -16.9. The highest BCUT2D eigenvalue weighted by molar-refractivity contribution is 5.80. The molecule has 0 bridgehead atoms. The minimum Gasteiger partial charge on any atom is -0.395 e. The Morgan fingerprint density at radius 3 is 2.14 bits per heavy atom. The van der Waals surface area contributed by atoms with Gasteiger partial charge in [-0.15, -0.1) is 0 Å². The molecule has 0 aromatic rings. The van der Waals surface area contributed by atoms with Crippen LogP contribution in [0.1, 0.15) is 25.7 Å². The molecule has 0 aromatic carbocycles. The molecule has 3 saturated heterocycles. The maximum Gasteiger partial charge on any atom is 0.249 e. The predicted molar refractivity (Wildman–Crippen MR) is 170 cm³/mol. The van der Waals surface area contributed by atoms with Crippen LogP contribution in [-0.2, 0) is 33.2 Å². The molecule has 1 amide bonds. The zero-order valence-electron chi connectivity index (χ0n) is 27.8. The summed E-state index contributed by atoms with van der Waals surface area (Å²) in [6.45, 7) is -0.0994. The molecule has 0 unspecified atom stereocenters. The van der Waals surface area contributed by atoms with Crippen molar-refractivity contribution in [2.75, 3.05) is 39.4 Å². The average molecular weight is 728 g/mol. The molecule has 4 rings (SSSR count). The van der Waals surface area contributed by atoms with E-state index in [0.29, 0.717) is 25.9 Å². The summed E-state index contributed by atoms with van der Waals surface area (Å²) in [7, 11) is 0. The first-order valence-electron chi connectivity index (χ1n) is 17.1. The van der Waals surface area contributed by atoms with Gasteiger partial charge in [-0.25, -0.2) is 0 Å². The molecule has 3 heterocycles. The van der Waals surface area contributed by atoms with Gasteiger partial charge in [-0.05, 0) is 32.2 Å². The van der Waals surface area contributed by atoms with Crippen molar-refractivity contribution in [1.29, 1.82) is 0 Å². The number of aliphatic hydroxyl groups excluding tert-OH is 7. The van der Waals surface area contributed by atoms with Gasteiger partial charge in [-0.2, -0.15) is 0 Å². The van der Waals surface area contributed by atoms with Gasteiger partial charge < -0.3 is 103 Å². The summed E-state index contributed by atoms with van der Waals surface area (Å²) in [5.74, 6) is -0.793. The smallest absolute Gasteiger partial charge is 0.249 e. The van der Waals surface area contributed by atoms with Crippen LogP contribution in [0.25, 0.3) is 0 Å². The van der Waals surface area contributed by atoms with Gasteiger partial charge in [0.25, 0.3) is 0 Å². The molecule has 50 heavy (non-hydrogen) atoms. The van der Waals surface area contributed by atoms with E-state index in [4.69, 9.17) is 62.2 Å². The molecule has 4 fully saturated rings. The first-order valence-corrected chi connectivity index (χ1v) is 17.1. The second-order valence-electron chi connectivity index (χ2n) is 13.2. The van der Waals surface area contributed by atoms with E-state index in [2.05, 4.69) is 10.6 Å². The van der Waals surface area contributed by atoms with Gasteiger partial charge in [0.15, 0.2) is 18.9 Å². The highest BCUT2D eigenvalue weighted by Crippen LogP contribution is 2.34. The van der Waals surface area contributed by atoms with Crippen LogP contribution in [-0.4, -0.2) is 191 Å². The molecule has 3 aliphatic heterocycles. The highest BCUT2D eigenvalue weighted by atomic mass is 16.8. The number of carbonyl (C=O) groups excluding carboxylic acids is 1. The molecule has 21 nitrogen and oxygen atoms in total. The van der Waals surface area contributed by atoms with Crippen molar-refractivity contribution in [2.24, 2.45) is 28.7 Å². The molecule has 0 aromatic heterocycles. The minimum absolute atomic E-state index is 0.0251. The minimum atomic E-state index is -1.65. The van der Waals surface area contributed by atoms with Gasteiger partial charge in [-0.1, -0.05) is 0 Å². The third-order valence-electron chi connectivity index (χ3n) is 9.58. The van der Waals surface area contributed by atoms with Crippen LogP contribution in [0.2, 0.25) is 0 Å². The van der Waals surface area contributed by atoms with Gasteiger partial charge in [0.05, 0.1) is 37.4 Å². The largest absolute Gasteiger partial charge is 0.395 e. The van der Waals surface area contributed by atoms with Crippen molar-refractivity contribution < 1.29 is 69.0 Å². The first kappa shape index (κ1) is 41.5. The summed E-state index contributed by atoms with van der Waals surface area (Å²) in [5, 5.41) is 78.6. The fourth-order valence-corrected chi connectivity index (χ4v) is 6.65. The predicted octanol–water partition coefficient (Wildman–Crippen LogP) is -8.35. The lowest BCUT2D eigenvalue weighted by molar-refractivity contribution is -0.290. The van der Waals surface area contributed by atoms with Crippen LogP contribution < -0.4 is 39.3 Å². The Bertz CT molecular complexity index is 1040. The lowest BCUT2D eigenvalue weighted by Gasteiger charge is -2.46. The number of nitrogens with one attached hydrogen (secondary N) is 2. The Labute approximate surface area is 289 Å². The molecular formula is C29H57N7O14. The maximum absolute atomic E-state index is 12.7. The fourth-order valence-electron chi connectivity index (χ4n) is 6.65. The van der Waals surface area contributed by atoms with Crippen LogP contribution in [0.15, 0.2) is 0 Å². The van der Waals surface area contributed by atoms with Crippen molar-refractivity contribution in [1.82, 2.24) is 10.6 Å². The number of nitrogens with two attached hydrogens (primary N) is 5. The third-order valence-corrected chi connectivity index (χ3v) is 9.58. The van der Waals surface area contributed by atoms with Gasteiger partial charge in [0.2, 0.25) is 5.91 Å². The monoisotopic (exact) mass is 727 g/mol. The maximum atomic E-state index is 12.7. The summed E-state index contributed by atoms with van der Waals surface area (Å²) in [4.78, 5) is 12.7. The zero-order valence-corrected chi connectivity index (χ0v) is 27.8. The van der Waals surface area contributed by atoms with Gasteiger partial charge in [0, 0.05) is 25.7 Å². The second kappa shape index (κ2) is 19.2. The number of ether oxygens (including phenoxy) is 6. The number of carbonyl (C=O) groups is 1. The Kier molecular flexibility index (Phi) is 15.9. The van der Waals surface area contributed by atoms with Crippen LogP contribution >= 0.6 is 0 Å². The molecule has 19 N–H and O–H groups in total. The van der Waals surface area contributed by atoms with Crippen molar-refractivity contribution in [2.45, 2.75) is 136 Å². The van der Waals surface area contributed by atoms with Crippen LogP contribution in [0, 0.1) is 0 Å². The van der Waals surface area contributed by atoms with Crippen molar-refractivity contribution in [3.63, 3.8) is 0 Å². The van der Waals surface area contributed by atoms with E-state index in [-0.39, 0.29) is 38.6 Å². The second-order valence-corrected chi connectivity index (χ2v) is 13.2. The number of hydrogen-bond donors (Lipinski definition) is 14. The van der Waals surface area contributed by atoms with Crippen molar-refractivity contribution >= 4 is 5.91 Å². The topological polar surface area (TPSA) is 368 Å². The molecular weight excluding hydrogens is 670 g/mol. The summed E-state index contributed by atoms with van der Waals surface area (Å²) < 4.78 is 35.8. The van der Waals surface area contributed by atoms with E-state index in [1.54, 1.807) is 0 Å². The van der Waals surface area contributed by atoms with E-state index in [9.17, 15) is 35.4 Å². The highest BCUT2D eigenvalue weighted by Gasteiger charge is 2.54. The van der Waals surface area contributed by atoms with E-state index >= 15 is 0 Å². The van der Waals surface area contributed by atoms with Gasteiger partial charge in [0.1, 0.15) is 61.0 Å². The number of aliphatic hydroxyl groups is 7. The zero-order chi connectivity index (χ0) is 36.7. The lowest BCUT2D eigenvalue weighted by atomic mass is 9.83. The fraction of sp³-hybridized carbons (Fsp3) is 0.966. The Morgan fingerprint density at radius 2 is 1.48 bits per heavy atom. The molecule has 0 radical (unpaired) electrons. The molecule has 1 aliphatic carbocycles. The summed E-state index contributed by atoms with van der Waals surface area (Å²) >= 11 is 0. The van der Waals surface area contributed by atoms with Gasteiger partial charge >= 0.3 is 0 Å². The molecule has 21 heteroatoms. The van der Waals surface area contributed by atoms with Crippen LogP contribution in [0.3, 0.4) is 0 Å².